The number of hydrogen-bond donors (Lipinski definition) is 1. The summed E-state index contributed by atoms with van der Waals surface area (Å²) in [5, 5.41) is 9.56. The van der Waals surface area contributed by atoms with Gasteiger partial charge in [0.15, 0.2) is 0 Å². The summed E-state index contributed by atoms with van der Waals surface area (Å²) in [6.07, 6.45) is 0.975. The van der Waals surface area contributed by atoms with E-state index < -0.39 is 12.4 Å². The van der Waals surface area contributed by atoms with Crippen molar-refractivity contribution in [1.82, 2.24) is 4.90 Å². The Balaban J connectivity index is 0.00000370. The molecular weight excluding hydrogens is 535 g/mol. The first-order valence-electron chi connectivity index (χ1n) is 13.7. The van der Waals surface area contributed by atoms with Crippen LogP contribution in [0.5, 0.6) is 0 Å². The van der Waals surface area contributed by atoms with E-state index >= 15 is 0 Å². The first kappa shape index (κ1) is 29.9. The van der Waals surface area contributed by atoms with Crippen LogP contribution in [0.2, 0.25) is 0 Å². The molecule has 3 nitrogen and oxygen atoms in total. The molecule has 5 rings (SSSR count). The van der Waals surface area contributed by atoms with Crippen LogP contribution in [-0.2, 0) is 12.8 Å². The molecule has 1 fully saturated rings. The van der Waals surface area contributed by atoms with E-state index in [1.807, 2.05) is 25.1 Å². The Morgan fingerprint density at radius 2 is 1.73 bits per heavy atom. The zero-order valence-corrected chi connectivity index (χ0v) is 23.5. The number of allylic oxidation sites excluding steroid dienone is 1. The van der Waals surface area contributed by atoms with Crippen molar-refractivity contribution in [3.63, 3.8) is 0 Å². The van der Waals surface area contributed by atoms with Crippen molar-refractivity contribution in [2.75, 3.05) is 26.3 Å². The van der Waals surface area contributed by atoms with Crippen LogP contribution in [0.3, 0.4) is 0 Å². The van der Waals surface area contributed by atoms with E-state index in [0.29, 0.717) is 30.7 Å². The number of carboxylic acid groups (broad SMARTS) is 1. The van der Waals surface area contributed by atoms with Gasteiger partial charge in [-0.05, 0) is 102 Å². The van der Waals surface area contributed by atoms with Gasteiger partial charge in [0.25, 0.3) is 6.43 Å². The van der Waals surface area contributed by atoms with Crippen molar-refractivity contribution in [3.8, 4) is 0 Å². The van der Waals surface area contributed by atoms with Crippen LogP contribution >= 0.6 is 12.4 Å². The Bertz CT molecular complexity index is 1380. The molecule has 0 unspecified atom stereocenters. The number of aromatic carboxylic acids is 1. The molecule has 1 saturated heterocycles. The number of halogens is 4. The highest BCUT2D eigenvalue weighted by atomic mass is 35.5. The summed E-state index contributed by atoms with van der Waals surface area (Å²) in [5.74, 6) is -0.422. The summed E-state index contributed by atoms with van der Waals surface area (Å²) in [7, 11) is 0. The summed E-state index contributed by atoms with van der Waals surface area (Å²) < 4.78 is 40.9. The van der Waals surface area contributed by atoms with E-state index in [1.54, 1.807) is 18.2 Å². The maximum absolute atomic E-state index is 14.2. The second-order valence-corrected chi connectivity index (χ2v) is 10.8. The molecule has 1 heterocycles. The smallest absolute Gasteiger partial charge is 0.335 e. The number of carboxylic acids is 1. The Morgan fingerprint density at radius 1 is 1.00 bits per heavy atom. The van der Waals surface area contributed by atoms with Crippen LogP contribution in [-0.4, -0.2) is 42.3 Å². The van der Waals surface area contributed by atoms with Gasteiger partial charge in [0.05, 0.1) is 12.2 Å². The zero-order valence-electron chi connectivity index (χ0n) is 22.6. The highest BCUT2D eigenvalue weighted by Crippen LogP contribution is 2.43. The number of benzene rings is 3. The van der Waals surface area contributed by atoms with Gasteiger partial charge in [0.1, 0.15) is 0 Å². The summed E-state index contributed by atoms with van der Waals surface area (Å²) in [6, 6.07) is 18.8. The number of fused-ring (bicyclic) bond motifs is 1. The maximum atomic E-state index is 14.2. The second-order valence-electron chi connectivity index (χ2n) is 10.8. The van der Waals surface area contributed by atoms with E-state index in [4.69, 9.17) is 0 Å². The molecule has 0 saturated carbocycles. The van der Waals surface area contributed by atoms with Crippen LogP contribution in [0.25, 0.3) is 11.1 Å². The normalized spacial score (nSPS) is 15.8. The fourth-order valence-electron chi connectivity index (χ4n) is 6.07. The van der Waals surface area contributed by atoms with Crippen LogP contribution in [0, 0.1) is 12.8 Å². The van der Waals surface area contributed by atoms with Crippen LogP contribution in [0.4, 0.5) is 13.2 Å². The third-order valence-electron chi connectivity index (χ3n) is 7.97. The minimum atomic E-state index is -2.60. The third-order valence-corrected chi connectivity index (χ3v) is 7.97. The topological polar surface area (TPSA) is 40.5 Å². The number of nitrogens with zero attached hydrogens (tertiary/aromatic N) is 1. The van der Waals surface area contributed by atoms with Gasteiger partial charge in [-0.15, -0.1) is 12.4 Å². The largest absolute Gasteiger partial charge is 0.478 e. The second kappa shape index (κ2) is 13.0. The summed E-state index contributed by atoms with van der Waals surface area (Å²) in [4.78, 5) is 14.0. The zero-order chi connectivity index (χ0) is 27.5. The Labute approximate surface area is 240 Å². The van der Waals surface area contributed by atoms with Crippen molar-refractivity contribution in [1.29, 1.82) is 0 Å². The Morgan fingerprint density at radius 3 is 2.40 bits per heavy atom. The van der Waals surface area contributed by atoms with Crippen molar-refractivity contribution in [2.45, 2.75) is 45.5 Å². The van der Waals surface area contributed by atoms with Gasteiger partial charge in [0, 0.05) is 25.2 Å². The van der Waals surface area contributed by atoms with Gasteiger partial charge in [-0.3, -0.25) is 4.39 Å². The van der Waals surface area contributed by atoms with Crippen LogP contribution in [0.1, 0.15) is 75.0 Å². The standard InChI is InChI=1S/C33H34F3NO2.ClH/c1-21-6-12-28(30(16-21)32(35)36)29-5-2-4-25-18-26(33(38)39)11-13-27(25)31(29)24-9-7-22(8-10-24)17-23-19-37(20-23)15-3-14-34;/h6-13,16,18,23,32H,2-5,14-15,17,19-20H2,1H3,(H,38,39);1H. The predicted octanol–water partition coefficient (Wildman–Crippen LogP) is 8.18. The lowest BCUT2D eigenvalue weighted by Gasteiger charge is -2.39. The monoisotopic (exact) mass is 569 g/mol. The van der Waals surface area contributed by atoms with Crippen molar-refractivity contribution in [2.24, 2.45) is 5.92 Å². The average molecular weight is 570 g/mol. The van der Waals surface area contributed by atoms with Gasteiger partial charge in [0.2, 0.25) is 0 Å². The molecule has 0 amide bonds. The lowest BCUT2D eigenvalue weighted by atomic mass is 9.84. The maximum Gasteiger partial charge on any atom is 0.335 e. The minimum Gasteiger partial charge on any atom is -0.478 e. The van der Waals surface area contributed by atoms with Gasteiger partial charge < -0.3 is 10.0 Å². The van der Waals surface area contributed by atoms with Gasteiger partial charge in [-0.2, -0.15) is 0 Å². The van der Waals surface area contributed by atoms with Crippen LogP contribution < -0.4 is 0 Å². The number of hydrogen-bond acceptors (Lipinski definition) is 2. The molecule has 40 heavy (non-hydrogen) atoms. The fraction of sp³-hybridized carbons (Fsp3) is 0.364. The van der Waals surface area contributed by atoms with Crippen molar-refractivity contribution >= 4 is 29.5 Å². The number of aryl methyl sites for hydroxylation is 2. The first-order chi connectivity index (χ1) is 18.8. The molecule has 2 aliphatic rings. The average Bonchev–Trinajstić information content (AvgIpc) is 3.09. The molecule has 3 aromatic carbocycles. The van der Waals surface area contributed by atoms with Crippen LogP contribution in [0.15, 0.2) is 60.7 Å². The van der Waals surface area contributed by atoms with Crippen molar-refractivity contribution in [3.05, 3.63) is 105 Å². The Kier molecular flexibility index (Phi) is 9.75. The Hall–Kier alpha value is -3.09. The molecule has 0 spiro atoms. The van der Waals surface area contributed by atoms with E-state index in [1.165, 1.54) is 5.56 Å². The first-order valence-corrected chi connectivity index (χ1v) is 13.7. The molecule has 1 aliphatic heterocycles. The SMILES string of the molecule is Cc1ccc(C2=C(c3ccc(CC4CN(CCCF)C4)cc3)c3ccc(C(=O)O)cc3CCC2)c(C(F)F)c1.Cl. The number of carbonyl (C=O) groups is 1. The predicted molar refractivity (Wildman–Crippen MR) is 156 cm³/mol. The quantitative estimate of drug-likeness (QED) is 0.282. The molecule has 0 bridgehead atoms. The lowest BCUT2D eigenvalue weighted by Crippen LogP contribution is -2.47. The van der Waals surface area contributed by atoms with E-state index in [0.717, 1.165) is 65.9 Å². The number of alkyl halides is 3. The molecule has 212 valence electrons. The van der Waals surface area contributed by atoms with Gasteiger partial charge in [-0.25, -0.2) is 13.6 Å². The molecule has 1 aliphatic carbocycles. The highest BCUT2D eigenvalue weighted by molar-refractivity contribution is 6.01. The van der Waals surface area contributed by atoms with E-state index in [2.05, 4.69) is 29.2 Å². The summed E-state index contributed by atoms with van der Waals surface area (Å²) in [6.45, 7) is 4.33. The molecular formula is C33H35ClF3NO2. The molecule has 0 atom stereocenters. The van der Waals surface area contributed by atoms with Gasteiger partial charge in [-0.1, -0.05) is 48.0 Å². The molecule has 1 N–H and O–H groups in total. The van der Waals surface area contributed by atoms with E-state index in [-0.39, 0.29) is 30.2 Å². The molecule has 0 aromatic heterocycles. The number of rotatable bonds is 9. The fourth-order valence-corrected chi connectivity index (χ4v) is 6.07. The molecule has 3 aromatic rings. The lowest BCUT2D eigenvalue weighted by molar-refractivity contribution is 0.0696. The number of likely N-dealkylation sites (tertiary alicyclic amines) is 1. The van der Waals surface area contributed by atoms with E-state index in [9.17, 15) is 23.1 Å². The summed E-state index contributed by atoms with van der Waals surface area (Å²) in [5.41, 5.74) is 7.39. The van der Waals surface area contributed by atoms with Gasteiger partial charge >= 0.3 is 5.97 Å². The molecule has 0 radical (unpaired) electrons. The van der Waals surface area contributed by atoms with Crippen molar-refractivity contribution < 1.29 is 23.1 Å². The third kappa shape index (κ3) is 6.45. The molecule has 7 heteroatoms. The minimum absolute atomic E-state index is 0. The highest BCUT2D eigenvalue weighted by Gasteiger charge is 2.27. The summed E-state index contributed by atoms with van der Waals surface area (Å²) >= 11 is 0.